The number of hydrogen-bond donors (Lipinski definition) is 0. The minimum atomic E-state index is 0. The molecule has 0 fully saturated rings. The summed E-state index contributed by atoms with van der Waals surface area (Å²) in [6, 6.07) is 15.2. The van der Waals surface area contributed by atoms with E-state index in [0.717, 1.165) is 12.1 Å². The second kappa shape index (κ2) is 14.8. The lowest BCUT2D eigenvalue weighted by Crippen LogP contribution is -1.92. The molecule has 1 aromatic carbocycles. The molecule has 0 unspecified atom stereocenters. The monoisotopic (exact) mass is 373 g/mol. The molecule has 26 heavy (non-hydrogen) atoms. The molecule has 0 aliphatic carbocycles. The highest BCUT2D eigenvalue weighted by molar-refractivity contribution is 5.85. The van der Waals surface area contributed by atoms with Crippen LogP contribution in [0.5, 0.6) is 0 Å². The fourth-order valence-corrected chi connectivity index (χ4v) is 3.35. The van der Waals surface area contributed by atoms with Gasteiger partial charge in [-0.3, -0.25) is 4.98 Å². The number of hydrogen-bond acceptors (Lipinski definition) is 1. The van der Waals surface area contributed by atoms with Crippen LogP contribution >= 0.6 is 12.4 Å². The lowest BCUT2D eigenvalue weighted by molar-refractivity contribution is 0.556. The maximum absolute atomic E-state index is 4.40. The third kappa shape index (κ3) is 9.97. The zero-order valence-electron chi connectivity index (χ0n) is 16.5. The summed E-state index contributed by atoms with van der Waals surface area (Å²) >= 11 is 0. The molecule has 2 heteroatoms. The highest BCUT2D eigenvalue weighted by atomic mass is 35.5. The Labute approximate surface area is 167 Å². The molecule has 1 heterocycles. The normalized spacial score (nSPS) is 10.5. The van der Waals surface area contributed by atoms with E-state index in [9.17, 15) is 0 Å². The van der Waals surface area contributed by atoms with Crippen LogP contribution in [-0.2, 0) is 12.8 Å². The van der Waals surface area contributed by atoms with Gasteiger partial charge in [-0.2, -0.15) is 0 Å². The Bertz CT molecular complexity index is 550. The van der Waals surface area contributed by atoms with Crippen LogP contribution in [0.15, 0.2) is 48.7 Å². The molecule has 0 amide bonds. The Morgan fingerprint density at radius 2 is 1.23 bits per heavy atom. The van der Waals surface area contributed by atoms with Crippen LogP contribution in [0.25, 0.3) is 0 Å². The molecule has 0 spiro atoms. The molecule has 0 N–H and O–H groups in total. The zero-order chi connectivity index (χ0) is 17.6. The quantitative estimate of drug-likeness (QED) is 0.330. The maximum atomic E-state index is 4.40. The van der Waals surface area contributed by atoms with Crippen molar-refractivity contribution >= 4 is 12.4 Å². The molecular formula is C24H36ClN. The predicted octanol–water partition coefficient (Wildman–Crippen LogP) is 7.56. The van der Waals surface area contributed by atoms with Gasteiger partial charge in [-0.05, 0) is 36.1 Å². The summed E-state index contributed by atoms with van der Waals surface area (Å²) in [6.45, 7) is 2.29. The second-order valence-electron chi connectivity index (χ2n) is 7.25. The Morgan fingerprint density at radius 1 is 0.654 bits per heavy atom. The molecule has 1 aromatic heterocycles. The van der Waals surface area contributed by atoms with Gasteiger partial charge in [0, 0.05) is 18.3 Å². The number of pyridine rings is 1. The van der Waals surface area contributed by atoms with Gasteiger partial charge in [0.2, 0.25) is 0 Å². The summed E-state index contributed by atoms with van der Waals surface area (Å²) in [5, 5.41) is 0. The van der Waals surface area contributed by atoms with Gasteiger partial charge in [0.1, 0.15) is 0 Å². The molecule has 0 aliphatic rings. The topological polar surface area (TPSA) is 12.9 Å². The van der Waals surface area contributed by atoms with Crippen LogP contribution in [0.3, 0.4) is 0 Å². The molecule has 2 aromatic rings. The predicted molar refractivity (Wildman–Crippen MR) is 116 cm³/mol. The smallest absolute Gasteiger partial charge is 0.0447 e. The van der Waals surface area contributed by atoms with Crippen molar-refractivity contribution in [3.05, 3.63) is 65.5 Å². The first-order valence-electron chi connectivity index (χ1n) is 10.4. The van der Waals surface area contributed by atoms with Gasteiger partial charge in [0.15, 0.2) is 0 Å². The zero-order valence-corrected chi connectivity index (χ0v) is 17.3. The van der Waals surface area contributed by atoms with Crippen molar-refractivity contribution in [2.24, 2.45) is 0 Å². The third-order valence-electron chi connectivity index (χ3n) is 4.95. The van der Waals surface area contributed by atoms with Crippen LogP contribution < -0.4 is 0 Å². The SMILES string of the molecule is CCCCCCCCCCCCc1ccc(Cc2ccccn2)cc1.Cl. The molecular weight excluding hydrogens is 338 g/mol. The van der Waals surface area contributed by atoms with E-state index in [1.54, 1.807) is 0 Å². The van der Waals surface area contributed by atoms with Crippen molar-refractivity contribution in [3.8, 4) is 0 Å². The molecule has 1 nitrogen and oxygen atoms in total. The molecule has 2 rings (SSSR count). The van der Waals surface area contributed by atoms with E-state index in [2.05, 4.69) is 48.3 Å². The van der Waals surface area contributed by atoms with Gasteiger partial charge in [0.25, 0.3) is 0 Å². The van der Waals surface area contributed by atoms with Crippen molar-refractivity contribution in [1.29, 1.82) is 0 Å². The molecule has 0 saturated heterocycles. The number of aromatic nitrogens is 1. The molecule has 0 saturated carbocycles. The van der Waals surface area contributed by atoms with Crippen LogP contribution in [0, 0.1) is 0 Å². The Kier molecular flexibility index (Phi) is 12.9. The van der Waals surface area contributed by atoms with Gasteiger partial charge in [-0.25, -0.2) is 0 Å². The summed E-state index contributed by atoms with van der Waals surface area (Å²) in [7, 11) is 0. The molecule has 0 radical (unpaired) electrons. The van der Waals surface area contributed by atoms with Crippen LogP contribution in [-0.4, -0.2) is 4.98 Å². The molecule has 0 aliphatic heterocycles. The first-order valence-corrected chi connectivity index (χ1v) is 10.4. The van der Waals surface area contributed by atoms with Crippen molar-refractivity contribution in [3.63, 3.8) is 0 Å². The Balaban J connectivity index is 0.00000338. The van der Waals surface area contributed by atoms with Gasteiger partial charge >= 0.3 is 0 Å². The summed E-state index contributed by atoms with van der Waals surface area (Å²) in [6.07, 6.45) is 18.1. The standard InChI is InChI=1S/C24H35N.ClH/c1-2-3-4-5-6-7-8-9-10-11-14-22-16-18-23(19-17-22)21-24-15-12-13-20-25-24;/h12-13,15-20H,2-11,14,21H2,1H3;1H. The molecule has 0 bridgehead atoms. The van der Waals surface area contributed by atoms with E-state index < -0.39 is 0 Å². The first-order chi connectivity index (χ1) is 12.4. The highest BCUT2D eigenvalue weighted by Crippen LogP contribution is 2.14. The number of unbranched alkanes of at least 4 members (excludes halogenated alkanes) is 9. The third-order valence-corrected chi connectivity index (χ3v) is 4.95. The summed E-state index contributed by atoms with van der Waals surface area (Å²) in [5.41, 5.74) is 3.97. The van der Waals surface area contributed by atoms with E-state index in [4.69, 9.17) is 0 Å². The van der Waals surface area contributed by atoms with Crippen molar-refractivity contribution in [1.82, 2.24) is 4.98 Å². The average Bonchev–Trinajstić information content (AvgIpc) is 2.65. The van der Waals surface area contributed by atoms with Crippen LogP contribution in [0.2, 0.25) is 0 Å². The maximum Gasteiger partial charge on any atom is 0.0447 e. The van der Waals surface area contributed by atoms with Crippen molar-refractivity contribution < 1.29 is 0 Å². The number of rotatable bonds is 13. The number of nitrogens with zero attached hydrogens (tertiary/aromatic N) is 1. The van der Waals surface area contributed by atoms with Crippen molar-refractivity contribution in [2.45, 2.75) is 84.0 Å². The van der Waals surface area contributed by atoms with Gasteiger partial charge in [-0.15, -0.1) is 12.4 Å². The van der Waals surface area contributed by atoms with E-state index in [1.807, 2.05) is 12.3 Å². The summed E-state index contributed by atoms with van der Waals surface area (Å²) < 4.78 is 0. The highest BCUT2D eigenvalue weighted by Gasteiger charge is 1.99. The molecule has 0 atom stereocenters. The summed E-state index contributed by atoms with van der Waals surface area (Å²) in [5.74, 6) is 0. The number of halogens is 1. The van der Waals surface area contributed by atoms with E-state index >= 15 is 0 Å². The van der Waals surface area contributed by atoms with Crippen LogP contribution in [0.1, 0.15) is 88.0 Å². The Hall–Kier alpha value is -1.34. The van der Waals surface area contributed by atoms with Gasteiger partial charge in [-0.1, -0.05) is 95.0 Å². The van der Waals surface area contributed by atoms with E-state index in [0.29, 0.717) is 0 Å². The average molecular weight is 374 g/mol. The van der Waals surface area contributed by atoms with E-state index in [-0.39, 0.29) is 12.4 Å². The lowest BCUT2D eigenvalue weighted by Gasteiger charge is -2.05. The lowest BCUT2D eigenvalue weighted by atomic mass is 10.0. The fraction of sp³-hybridized carbons (Fsp3) is 0.542. The second-order valence-corrected chi connectivity index (χ2v) is 7.25. The summed E-state index contributed by atoms with van der Waals surface area (Å²) in [4.78, 5) is 4.40. The van der Waals surface area contributed by atoms with Gasteiger partial charge < -0.3 is 0 Å². The fourth-order valence-electron chi connectivity index (χ4n) is 3.35. The van der Waals surface area contributed by atoms with Gasteiger partial charge in [0.05, 0.1) is 0 Å². The largest absolute Gasteiger partial charge is 0.261 e. The molecule has 144 valence electrons. The Morgan fingerprint density at radius 3 is 1.81 bits per heavy atom. The van der Waals surface area contributed by atoms with Crippen molar-refractivity contribution in [2.75, 3.05) is 0 Å². The van der Waals surface area contributed by atoms with E-state index in [1.165, 1.54) is 81.8 Å². The number of benzene rings is 1. The first kappa shape index (κ1) is 22.7. The van der Waals surface area contributed by atoms with Crippen LogP contribution in [0.4, 0.5) is 0 Å². The minimum absolute atomic E-state index is 0. The minimum Gasteiger partial charge on any atom is -0.261 e. The number of aryl methyl sites for hydroxylation is 1.